The normalized spacial score (nSPS) is 18.7. The second-order valence-corrected chi connectivity index (χ2v) is 13.0. The second-order valence-electron chi connectivity index (χ2n) is 9.45. The van der Waals surface area contributed by atoms with Crippen LogP contribution in [0.5, 0.6) is 11.5 Å². The molecule has 14 heteroatoms. The van der Waals surface area contributed by atoms with Gasteiger partial charge in [-0.1, -0.05) is 23.2 Å². The topological polar surface area (TPSA) is 110 Å². The molecule has 0 bridgehead atoms. The maximum Gasteiger partial charge on any atom is 0.425 e. The van der Waals surface area contributed by atoms with Crippen LogP contribution in [0.4, 0.5) is 27.5 Å². The molecule has 2 heterocycles. The summed E-state index contributed by atoms with van der Waals surface area (Å²) in [6, 6.07) is 14.9. The molecule has 11 nitrogen and oxygen atoms in total. The first-order valence-corrected chi connectivity index (χ1v) is 15.8. The van der Waals surface area contributed by atoms with Gasteiger partial charge in [-0.25, -0.2) is 18.9 Å². The van der Waals surface area contributed by atoms with Crippen LogP contribution >= 0.6 is 30.6 Å². The Balaban J connectivity index is 1.90. The predicted octanol–water partition coefficient (Wildman–Crippen LogP) is 7.10. The Bertz CT molecular complexity index is 1580. The fourth-order valence-corrected chi connectivity index (χ4v) is 9.12. The van der Waals surface area contributed by atoms with E-state index in [-0.39, 0.29) is 16.4 Å². The number of nitro benzene ring substituents is 1. The highest BCUT2D eigenvalue weighted by atomic mass is 35.5. The van der Waals surface area contributed by atoms with Crippen LogP contribution in [0.15, 0.2) is 59.3 Å². The van der Waals surface area contributed by atoms with Crippen molar-refractivity contribution in [3.05, 3.63) is 74.8 Å². The van der Waals surface area contributed by atoms with Crippen molar-refractivity contribution >= 4 is 64.7 Å². The van der Waals surface area contributed by atoms with Crippen LogP contribution in [-0.2, 0) is 4.74 Å². The summed E-state index contributed by atoms with van der Waals surface area (Å²) in [5.41, 5.74) is 1.38. The molecule has 1 amide bonds. The number of non-ortho nitro benzene ring substituents is 1. The molecule has 5 rings (SSSR count). The Morgan fingerprint density at radius 2 is 1.79 bits per heavy atom. The largest absolute Gasteiger partial charge is 0.494 e. The zero-order chi connectivity index (χ0) is 30.0. The van der Waals surface area contributed by atoms with E-state index < -0.39 is 18.4 Å². The number of ether oxygens (including phenoxy) is 3. The minimum absolute atomic E-state index is 0.160. The van der Waals surface area contributed by atoms with Crippen molar-refractivity contribution in [2.24, 2.45) is 4.74 Å². The SMILES string of the molecule is CCN(CC)c1ccc2c(c1)OC(=O)N(c1ccc(Cl)c(Cl)c1)P2(=Nc1cc([N+](=O)[O-])ccc1OC)N1CCOCC1. The van der Waals surface area contributed by atoms with Crippen LogP contribution in [0, 0.1) is 10.1 Å². The molecule has 3 aromatic rings. The average Bonchev–Trinajstić information content (AvgIpc) is 2.99. The number of hydrogen-bond acceptors (Lipinski definition) is 8. The number of amides is 1. The van der Waals surface area contributed by atoms with Crippen molar-refractivity contribution in [1.29, 1.82) is 0 Å². The highest BCUT2D eigenvalue weighted by molar-refractivity contribution is 7.74. The van der Waals surface area contributed by atoms with E-state index in [4.69, 9.17) is 42.2 Å². The maximum atomic E-state index is 14.1. The molecule has 1 saturated heterocycles. The third kappa shape index (κ3) is 5.43. The van der Waals surface area contributed by atoms with Gasteiger partial charge in [-0.3, -0.25) is 10.1 Å². The number of morpholine rings is 1. The molecule has 1 unspecified atom stereocenters. The minimum Gasteiger partial charge on any atom is -0.494 e. The van der Waals surface area contributed by atoms with Crippen molar-refractivity contribution in [2.45, 2.75) is 13.8 Å². The number of fused-ring (bicyclic) bond motifs is 1. The molecule has 0 spiro atoms. The number of carbonyl (C=O) groups is 1. The van der Waals surface area contributed by atoms with Gasteiger partial charge >= 0.3 is 6.09 Å². The lowest BCUT2D eigenvalue weighted by molar-refractivity contribution is -0.384. The molecular weight excluding hydrogens is 604 g/mol. The van der Waals surface area contributed by atoms with Gasteiger partial charge in [0, 0.05) is 50.1 Å². The quantitative estimate of drug-likeness (QED) is 0.147. The van der Waals surface area contributed by atoms with Gasteiger partial charge in [-0.05, 0) is 50.2 Å². The van der Waals surface area contributed by atoms with E-state index in [1.807, 2.05) is 18.2 Å². The van der Waals surface area contributed by atoms with Crippen molar-refractivity contribution in [3.8, 4) is 11.5 Å². The first-order chi connectivity index (χ1) is 20.2. The molecule has 2 aliphatic heterocycles. The number of nitro groups is 1. The Hall–Kier alpha value is -3.34. The standard InChI is InChI=1S/C28H30Cl2N5O6P/c1-4-32(5-2)19-8-11-27-26(18-19)41-28(36)34(20-6-9-22(29)23(30)16-20)42(27,33-12-14-40-15-13-33)31-24-17-21(35(37)38)7-10-25(24)39-3/h6-11,16-18H,4-5,12-15H2,1-3H3. The lowest BCUT2D eigenvalue weighted by Gasteiger charge is -2.47. The smallest absolute Gasteiger partial charge is 0.425 e. The first-order valence-electron chi connectivity index (χ1n) is 13.4. The van der Waals surface area contributed by atoms with Crippen molar-refractivity contribution < 1.29 is 23.9 Å². The third-order valence-electron chi connectivity index (χ3n) is 7.19. The molecule has 0 aromatic heterocycles. The summed E-state index contributed by atoms with van der Waals surface area (Å²) in [6.07, 6.45) is -0.662. The molecule has 42 heavy (non-hydrogen) atoms. The molecule has 222 valence electrons. The molecule has 3 aromatic carbocycles. The number of halogens is 2. The second kappa shape index (κ2) is 12.5. The lowest BCUT2D eigenvalue weighted by Crippen LogP contribution is -2.49. The summed E-state index contributed by atoms with van der Waals surface area (Å²) in [6.45, 7) is 7.32. The summed E-state index contributed by atoms with van der Waals surface area (Å²) in [5.74, 6) is 0.691. The van der Waals surface area contributed by atoms with Gasteiger partial charge < -0.3 is 19.1 Å². The molecule has 0 radical (unpaired) electrons. The number of rotatable bonds is 8. The molecule has 1 atom stereocenters. The predicted molar refractivity (Wildman–Crippen MR) is 166 cm³/mol. The van der Waals surface area contributed by atoms with E-state index in [9.17, 15) is 14.9 Å². The van der Waals surface area contributed by atoms with E-state index in [0.29, 0.717) is 53.8 Å². The van der Waals surface area contributed by atoms with Gasteiger partial charge in [0.1, 0.15) is 17.2 Å². The Morgan fingerprint density at radius 1 is 1.05 bits per heavy atom. The molecule has 0 saturated carbocycles. The fourth-order valence-electron chi connectivity index (χ4n) is 5.15. The van der Waals surface area contributed by atoms with Crippen LogP contribution in [-0.4, -0.2) is 62.2 Å². The Labute approximate surface area is 253 Å². The Morgan fingerprint density at radius 3 is 2.43 bits per heavy atom. The Kier molecular flexibility index (Phi) is 8.96. The zero-order valence-electron chi connectivity index (χ0n) is 23.3. The summed E-state index contributed by atoms with van der Waals surface area (Å²) in [4.78, 5) is 27.6. The number of nitrogens with zero attached hydrogens (tertiary/aromatic N) is 5. The van der Waals surface area contributed by atoms with Gasteiger partial charge in [0.25, 0.3) is 5.69 Å². The summed E-state index contributed by atoms with van der Waals surface area (Å²) < 4.78 is 26.2. The van der Waals surface area contributed by atoms with Crippen LogP contribution in [0.2, 0.25) is 10.0 Å². The van der Waals surface area contributed by atoms with Gasteiger partial charge in [-0.15, -0.1) is 0 Å². The van der Waals surface area contributed by atoms with Crippen LogP contribution < -0.4 is 24.3 Å². The van der Waals surface area contributed by atoms with Crippen LogP contribution in [0.25, 0.3) is 0 Å². The van der Waals surface area contributed by atoms with E-state index in [1.54, 1.807) is 18.2 Å². The molecule has 1 fully saturated rings. The number of anilines is 2. The van der Waals surface area contributed by atoms with Crippen molar-refractivity contribution in [1.82, 2.24) is 4.67 Å². The van der Waals surface area contributed by atoms with Gasteiger partial charge in [-0.2, -0.15) is 0 Å². The summed E-state index contributed by atoms with van der Waals surface area (Å²) in [7, 11) is -1.88. The maximum absolute atomic E-state index is 14.1. The van der Waals surface area contributed by atoms with E-state index in [1.165, 1.54) is 30.0 Å². The monoisotopic (exact) mass is 633 g/mol. The summed E-state index contributed by atoms with van der Waals surface area (Å²) in [5, 5.41) is 13.0. The number of carbonyl (C=O) groups excluding carboxylic acids is 1. The molecular formula is C28H30Cl2N5O6P. The first kappa shape index (κ1) is 30.1. The summed E-state index contributed by atoms with van der Waals surface area (Å²) >= 11 is 12.7. The highest BCUT2D eigenvalue weighted by Crippen LogP contribution is 2.64. The van der Waals surface area contributed by atoms with Crippen LogP contribution in [0.1, 0.15) is 13.8 Å². The third-order valence-corrected chi connectivity index (χ3v) is 11.6. The van der Waals surface area contributed by atoms with Crippen molar-refractivity contribution in [3.63, 3.8) is 0 Å². The highest BCUT2D eigenvalue weighted by Gasteiger charge is 2.48. The fraction of sp³-hybridized carbons (Fsp3) is 0.321. The van der Waals surface area contributed by atoms with Gasteiger partial charge in [0.2, 0.25) is 0 Å². The van der Waals surface area contributed by atoms with E-state index >= 15 is 0 Å². The van der Waals surface area contributed by atoms with Gasteiger partial charge in [0.05, 0.1) is 46.3 Å². The molecule has 0 aliphatic carbocycles. The number of methoxy groups -OCH3 is 1. The molecule has 0 N–H and O–H groups in total. The van der Waals surface area contributed by atoms with E-state index in [0.717, 1.165) is 18.8 Å². The minimum atomic E-state index is -3.34. The number of benzene rings is 3. The number of hydrogen-bond donors (Lipinski definition) is 0. The van der Waals surface area contributed by atoms with Crippen LogP contribution in [0.3, 0.4) is 0 Å². The lowest BCUT2D eigenvalue weighted by atomic mass is 10.2. The zero-order valence-corrected chi connectivity index (χ0v) is 25.7. The van der Waals surface area contributed by atoms with Crippen molar-refractivity contribution in [2.75, 3.05) is 56.1 Å². The average molecular weight is 634 g/mol. The molecule has 2 aliphatic rings. The van der Waals surface area contributed by atoms with E-state index in [2.05, 4.69) is 23.4 Å². The van der Waals surface area contributed by atoms with Gasteiger partial charge in [0.15, 0.2) is 7.36 Å².